The molecule has 2 aliphatic rings. The van der Waals surface area contributed by atoms with E-state index in [-0.39, 0.29) is 5.91 Å². The maximum atomic E-state index is 11.6. The van der Waals surface area contributed by atoms with Crippen molar-refractivity contribution in [1.82, 2.24) is 9.88 Å². The van der Waals surface area contributed by atoms with Gasteiger partial charge in [0.15, 0.2) is 0 Å². The molecule has 30 heavy (non-hydrogen) atoms. The molecular weight excluding hydrogens is 396 g/mol. The van der Waals surface area contributed by atoms with E-state index in [2.05, 4.69) is 57.4 Å². The third-order valence-electron chi connectivity index (χ3n) is 6.21. The number of fused-ring (bicyclic) bond motifs is 1. The molecule has 1 amide bonds. The molecule has 1 saturated heterocycles. The average molecular weight is 427 g/mol. The molecule has 0 bridgehead atoms. The van der Waals surface area contributed by atoms with Gasteiger partial charge in [0, 0.05) is 38.3 Å². The molecule has 4 rings (SSSR count). The fourth-order valence-corrected chi connectivity index (χ4v) is 4.57. The smallest absolute Gasteiger partial charge is 0.225 e. The first kappa shape index (κ1) is 21.1. The highest BCUT2D eigenvalue weighted by molar-refractivity contribution is 6.34. The van der Waals surface area contributed by atoms with Crippen LogP contribution in [0.1, 0.15) is 42.5 Å². The van der Waals surface area contributed by atoms with Gasteiger partial charge in [-0.25, -0.2) is 4.98 Å². The van der Waals surface area contributed by atoms with Gasteiger partial charge in [0.1, 0.15) is 5.82 Å². The summed E-state index contributed by atoms with van der Waals surface area (Å²) in [5, 5.41) is 3.79. The normalized spacial score (nSPS) is 17.0. The van der Waals surface area contributed by atoms with Crippen molar-refractivity contribution < 1.29 is 4.79 Å². The maximum absolute atomic E-state index is 11.6. The lowest BCUT2D eigenvalue weighted by molar-refractivity contribution is -0.116. The van der Waals surface area contributed by atoms with E-state index in [9.17, 15) is 4.79 Å². The van der Waals surface area contributed by atoms with Gasteiger partial charge in [-0.15, -0.1) is 0 Å². The molecule has 0 atom stereocenters. The molecule has 0 spiro atoms. The van der Waals surface area contributed by atoms with Crippen LogP contribution in [0.15, 0.2) is 30.3 Å². The first-order valence-corrected chi connectivity index (χ1v) is 11.5. The second-order valence-corrected chi connectivity index (χ2v) is 8.78. The number of halogens is 1. The number of unbranched alkanes of at least 4 members (excludes halogenated alkanes) is 2. The monoisotopic (exact) mass is 426 g/mol. The van der Waals surface area contributed by atoms with Crippen LogP contribution in [0.25, 0.3) is 0 Å². The first-order chi connectivity index (χ1) is 14.6. The molecule has 3 heterocycles. The van der Waals surface area contributed by atoms with E-state index < -0.39 is 0 Å². The Hall–Kier alpha value is -2.11. The van der Waals surface area contributed by atoms with Gasteiger partial charge < -0.3 is 10.2 Å². The van der Waals surface area contributed by atoms with Gasteiger partial charge in [0.25, 0.3) is 0 Å². The van der Waals surface area contributed by atoms with Crippen LogP contribution >= 0.6 is 11.6 Å². The number of aryl methyl sites for hydroxylation is 3. The maximum Gasteiger partial charge on any atom is 0.225 e. The molecule has 2 aromatic rings. The number of hydrogen-bond donors (Lipinski definition) is 1. The summed E-state index contributed by atoms with van der Waals surface area (Å²) < 4.78 is 0. The van der Waals surface area contributed by atoms with Crippen molar-refractivity contribution in [2.75, 3.05) is 42.9 Å². The van der Waals surface area contributed by atoms with Gasteiger partial charge in [0.2, 0.25) is 5.91 Å². The van der Waals surface area contributed by atoms with Crippen molar-refractivity contribution in [3.63, 3.8) is 0 Å². The predicted octanol–water partition coefficient (Wildman–Crippen LogP) is 4.46. The summed E-state index contributed by atoms with van der Waals surface area (Å²) in [5.74, 6) is 0.854. The number of aromatic nitrogens is 1. The predicted molar refractivity (Wildman–Crippen MR) is 124 cm³/mol. The summed E-state index contributed by atoms with van der Waals surface area (Å²) in [5.41, 5.74) is 4.56. The third kappa shape index (κ3) is 5.13. The van der Waals surface area contributed by atoms with E-state index >= 15 is 0 Å². The zero-order valence-corrected chi connectivity index (χ0v) is 18.5. The molecule has 5 nitrogen and oxygen atoms in total. The highest BCUT2D eigenvalue weighted by Crippen LogP contribution is 2.29. The van der Waals surface area contributed by atoms with Crippen molar-refractivity contribution in [3.8, 4) is 0 Å². The number of rotatable bonds is 7. The molecule has 0 unspecified atom stereocenters. The zero-order chi connectivity index (χ0) is 20.9. The highest BCUT2D eigenvalue weighted by Gasteiger charge is 2.19. The third-order valence-corrected chi connectivity index (χ3v) is 6.70. The fourth-order valence-electron chi connectivity index (χ4n) is 4.33. The van der Waals surface area contributed by atoms with Crippen molar-refractivity contribution in [2.24, 2.45) is 0 Å². The number of anilines is 2. The molecule has 1 aromatic heterocycles. The minimum Gasteiger partial charge on any atom is -0.368 e. The number of benzene rings is 1. The van der Waals surface area contributed by atoms with Crippen LogP contribution in [0.3, 0.4) is 0 Å². The number of amides is 1. The second kappa shape index (κ2) is 9.80. The van der Waals surface area contributed by atoms with Crippen LogP contribution < -0.4 is 10.2 Å². The summed E-state index contributed by atoms with van der Waals surface area (Å²) in [6.45, 7) is 7.48. The minimum atomic E-state index is 0.0805. The van der Waals surface area contributed by atoms with E-state index in [1.54, 1.807) is 0 Å². The van der Waals surface area contributed by atoms with Crippen LogP contribution in [0.2, 0.25) is 5.02 Å². The van der Waals surface area contributed by atoms with Gasteiger partial charge in [-0.3, -0.25) is 9.69 Å². The van der Waals surface area contributed by atoms with Crippen molar-refractivity contribution in [3.05, 3.63) is 52.2 Å². The van der Waals surface area contributed by atoms with Crippen LogP contribution in [0, 0.1) is 6.92 Å². The van der Waals surface area contributed by atoms with Crippen LogP contribution in [-0.4, -0.2) is 48.5 Å². The number of hydrogen-bond acceptors (Lipinski definition) is 4. The fraction of sp³-hybridized carbons (Fsp3) is 0.500. The Labute approximate surface area is 184 Å². The lowest BCUT2D eigenvalue weighted by atomic mass is 10.0. The number of carbonyl (C=O) groups is 1. The Morgan fingerprint density at radius 3 is 2.70 bits per heavy atom. The molecule has 0 radical (unpaired) electrons. The van der Waals surface area contributed by atoms with Gasteiger partial charge >= 0.3 is 0 Å². The Bertz CT molecular complexity index is 893. The van der Waals surface area contributed by atoms with Gasteiger partial charge in [0.05, 0.1) is 10.7 Å². The molecule has 1 N–H and O–H groups in total. The molecular formula is C24H31ClN4O. The second-order valence-electron chi connectivity index (χ2n) is 8.41. The Balaban J connectivity index is 1.15. The number of carbonyl (C=O) groups excluding carboxylic acids is 1. The largest absolute Gasteiger partial charge is 0.368 e. The highest BCUT2D eigenvalue weighted by atomic mass is 35.5. The quantitative estimate of drug-likeness (QED) is 0.664. The van der Waals surface area contributed by atoms with E-state index in [4.69, 9.17) is 11.6 Å². The van der Waals surface area contributed by atoms with Crippen molar-refractivity contribution >= 4 is 29.0 Å². The van der Waals surface area contributed by atoms with Gasteiger partial charge in [-0.1, -0.05) is 36.2 Å². The van der Waals surface area contributed by atoms with E-state index in [0.717, 1.165) is 79.6 Å². The number of nitrogens with one attached hydrogen (secondary N) is 1. The van der Waals surface area contributed by atoms with Crippen LogP contribution in [0.5, 0.6) is 0 Å². The van der Waals surface area contributed by atoms with Gasteiger partial charge in [-0.2, -0.15) is 0 Å². The standard InChI is InChI=1S/C24H31ClN4O/c1-18-6-5-8-21(23(18)25)29-16-14-28(15-17-29)13-4-2-3-7-20-11-9-19-10-12-22(30)27-24(19)26-20/h5-6,8-9,11H,2-4,7,10,12-17H2,1H3,(H,26,27,30). The Morgan fingerprint density at radius 2 is 1.87 bits per heavy atom. The SMILES string of the molecule is Cc1cccc(N2CCN(CCCCCc3ccc4c(n3)NC(=O)CC4)CC2)c1Cl. The summed E-state index contributed by atoms with van der Waals surface area (Å²) in [7, 11) is 0. The topological polar surface area (TPSA) is 48.5 Å². The molecule has 0 aliphatic carbocycles. The lowest BCUT2D eigenvalue weighted by Crippen LogP contribution is -2.46. The zero-order valence-electron chi connectivity index (χ0n) is 17.8. The molecule has 1 aromatic carbocycles. The summed E-state index contributed by atoms with van der Waals surface area (Å²) in [6, 6.07) is 10.5. The summed E-state index contributed by atoms with van der Waals surface area (Å²) in [4.78, 5) is 21.2. The molecule has 2 aliphatic heterocycles. The number of nitrogens with zero attached hydrogens (tertiary/aromatic N) is 3. The molecule has 1 fully saturated rings. The number of piperazine rings is 1. The average Bonchev–Trinajstić information content (AvgIpc) is 2.76. The molecule has 6 heteroatoms. The molecule has 160 valence electrons. The van der Waals surface area contributed by atoms with E-state index in [1.165, 1.54) is 18.5 Å². The van der Waals surface area contributed by atoms with Crippen molar-refractivity contribution in [1.29, 1.82) is 0 Å². The van der Waals surface area contributed by atoms with Gasteiger partial charge in [-0.05, 0) is 62.4 Å². The van der Waals surface area contributed by atoms with E-state index in [0.29, 0.717) is 6.42 Å². The Kier molecular flexibility index (Phi) is 6.90. The first-order valence-electron chi connectivity index (χ1n) is 11.1. The summed E-state index contributed by atoms with van der Waals surface area (Å²) >= 11 is 6.50. The van der Waals surface area contributed by atoms with E-state index in [1.807, 2.05) is 0 Å². The molecule has 0 saturated carbocycles. The lowest BCUT2D eigenvalue weighted by Gasteiger charge is -2.36. The van der Waals surface area contributed by atoms with Crippen LogP contribution in [0.4, 0.5) is 11.5 Å². The number of pyridine rings is 1. The van der Waals surface area contributed by atoms with Crippen LogP contribution in [-0.2, 0) is 17.6 Å². The minimum absolute atomic E-state index is 0.0805. The summed E-state index contributed by atoms with van der Waals surface area (Å²) in [6.07, 6.45) is 5.90. The Morgan fingerprint density at radius 1 is 1.03 bits per heavy atom. The van der Waals surface area contributed by atoms with Crippen molar-refractivity contribution in [2.45, 2.75) is 45.4 Å².